The van der Waals surface area contributed by atoms with Crippen molar-refractivity contribution in [1.29, 1.82) is 0 Å². The summed E-state index contributed by atoms with van der Waals surface area (Å²) < 4.78 is 1.25. The zero-order valence-electron chi connectivity index (χ0n) is 10.7. The molecule has 0 aromatic carbocycles. The van der Waals surface area contributed by atoms with Gasteiger partial charge in [-0.05, 0) is 25.7 Å². The molecular formula is C11H17N5O3. The Morgan fingerprint density at radius 3 is 2.89 bits per heavy atom. The van der Waals surface area contributed by atoms with Gasteiger partial charge in [0.15, 0.2) is 0 Å². The topological polar surface area (TPSA) is 116 Å². The molecule has 1 saturated carbocycles. The Morgan fingerprint density at radius 2 is 2.42 bits per heavy atom. The second-order valence-electron chi connectivity index (χ2n) is 5.10. The number of hydrogen-bond acceptors (Lipinski definition) is 5. The molecule has 104 valence electrons. The van der Waals surface area contributed by atoms with E-state index in [-0.39, 0.29) is 18.1 Å². The second kappa shape index (κ2) is 4.96. The minimum absolute atomic E-state index is 0.0455. The standard InChI is InChI=1S/C11H17N5O3/c1-11(7-12,8-2-3-8)14-10(17)6-15-5-9(4-13-15)16(18)19/h4-5,8H,2-3,6-7,12H2,1H3,(H,14,17). The van der Waals surface area contributed by atoms with Crippen LogP contribution >= 0.6 is 0 Å². The maximum Gasteiger partial charge on any atom is 0.307 e. The molecule has 1 unspecified atom stereocenters. The summed E-state index contributed by atoms with van der Waals surface area (Å²) in [6.07, 6.45) is 4.50. The van der Waals surface area contributed by atoms with E-state index in [9.17, 15) is 14.9 Å². The number of amides is 1. The van der Waals surface area contributed by atoms with E-state index in [0.29, 0.717) is 12.5 Å². The highest BCUT2D eigenvalue weighted by atomic mass is 16.6. The lowest BCUT2D eigenvalue weighted by atomic mass is 9.96. The number of nitrogens with one attached hydrogen (secondary N) is 1. The van der Waals surface area contributed by atoms with Crippen LogP contribution in [0.25, 0.3) is 0 Å². The fourth-order valence-electron chi connectivity index (χ4n) is 2.08. The predicted molar refractivity (Wildman–Crippen MR) is 67.2 cm³/mol. The highest BCUT2D eigenvalue weighted by Gasteiger charge is 2.41. The molecular weight excluding hydrogens is 250 g/mol. The van der Waals surface area contributed by atoms with Gasteiger partial charge in [-0.2, -0.15) is 5.10 Å². The average molecular weight is 267 g/mol. The molecule has 1 aromatic rings. The predicted octanol–water partition coefficient (Wildman–Crippen LogP) is 0.0349. The number of aromatic nitrogens is 2. The van der Waals surface area contributed by atoms with E-state index in [0.717, 1.165) is 19.0 Å². The first kappa shape index (κ1) is 13.5. The van der Waals surface area contributed by atoms with Crippen LogP contribution in [0.3, 0.4) is 0 Å². The molecule has 1 atom stereocenters. The molecule has 8 heteroatoms. The Balaban J connectivity index is 1.94. The molecule has 1 amide bonds. The van der Waals surface area contributed by atoms with Gasteiger partial charge in [-0.1, -0.05) is 0 Å². The van der Waals surface area contributed by atoms with Crippen LogP contribution < -0.4 is 11.1 Å². The van der Waals surface area contributed by atoms with Crippen LogP contribution in [0.1, 0.15) is 19.8 Å². The van der Waals surface area contributed by atoms with Gasteiger partial charge in [0.05, 0.1) is 10.5 Å². The fourth-order valence-corrected chi connectivity index (χ4v) is 2.08. The SMILES string of the molecule is CC(CN)(NC(=O)Cn1cc([N+](=O)[O-])cn1)C1CC1. The lowest BCUT2D eigenvalue weighted by Crippen LogP contribution is -2.53. The largest absolute Gasteiger partial charge is 0.348 e. The quantitative estimate of drug-likeness (QED) is 0.557. The maximum absolute atomic E-state index is 11.9. The Morgan fingerprint density at radius 1 is 1.74 bits per heavy atom. The Bertz CT molecular complexity index is 496. The summed E-state index contributed by atoms with van der Waals surface area (Å²) in [6.45, 7) is 2.26. The molecule has 1 fully saturated rings. The van der Waals surface area contributed by atoms with E-state index in [2.05, 4.69) is 10.4 Å². The number of carbonyl (C=O) groups excluding carboxylic acids is 1. The Labute approximate surface area is 110 Å². The van der Waals surface area contributed by atoms with Crippen molar-refractivity contribution >= 4 is 11.6 Å². The zero-order valence-corrected chi connectivity index (χ0v) is 10.7. The van der Waals surface area contributed by atoms with Crippen molar-refractivity contribution in [1.82, 2.24) is 15.1 Å². The van der Waals surface area contributed by atoms with Crippen molar-refractivity contribution < 1.29 is 9.72 Å². The minimum atomic E-state index is -0.546. The van der Waals surface area contributed by atoms with Crippen molar-refractivity contribution in [2.24, 2.45) is 11.7 Å². The summed E-state index contributed by atoms with van der Waals surface area (Å²) in [4.78, 5) is 21.9. The first-order valence-electron chi connectivity index (χ1n) is 6.12. The molecule has 1 aromatic heterocycles. The van der Waals surface area contributed by atoms with Crippen molar-refractivity contribution in [2.45, 2.75) is 31.8 Å². The van der Waals surface area contributed by atoms with Gasteiger partial charge < -0.3 is 11.1 Å². The first-order chi connectivity index (χ1) is 8.94. The van der Waals surface area contributed by atoms with Gasteiger partial charge >= 0.3 is 5.69 Å². The average Bonchev–Trinajstić information content (AvgIpc) is 3.10. The molecule has 3 N–H and O–H groups in total. The first-order valence-corrected chi connectivity index (χ1v) is 6.12. The molecule has 2 rings (SSSR count). The lowest BCUT2D eigenvalue weighted by molar-refractivity contribution is -0.385. The number of nitrogens with two attached hydrogens (primary N) is 1. The van der Waals surface area contributed by atoms with Crippen LogP contribution in [0.15, 0.2) is 12.4 Å². The Hall–Kier alpha value is -1.96. The summed E-state index contributed by atoms with van der Waals surface area (Å²) in [5, 5.41) is 17.2. The van der Waals surface area contributed by atoms with E-state index in [1.807, 2.05) is 6.92 Å². The molecule has 1 heterocycles. The van der Waals surface area contributed by atoms with Gasteiger partial charge in [0, 0.05) is 6.54 Å². The second-order valence-corrected chi connectivity index (χ2v) is 5.10. The van der Waals surface area contributed by atoms with Crippen molar-refractivity contribution in [3.05, 3.63) is 22.5 Å². The lowest BCUT2D eigenvalue weighted by Gasteiger charge is -2.29. The van der Waals surface area contributed by atoms with Crippen LogP contribution in [0.2, 0.25) is 0 Å². The highest BCUT2D eigenvalue weighted by Crippen LogP contribution is 2.38. The highest BCUT2D eigenvalue weighted by molar-refractivity contribution is 5.76. The van der Waals surface area contributed by atoms with E-state index in [1.165, 1.54) is 10.9 Å². The summed E-state index contributed by atoms with van der Waals surface area (Å²) in [7, 11) is 0. The van der Waals surface area contributed by atoms with Gasteiger partial charge in [0.1, 0.15) is 18.9 Å². The molecule has 1 aliphatic carbocycles. The van der Waals surface area contributed by atoms with Crippen molar-refractivity contribution in [2.75, 3.05) is 6.54 Å². The van der Waals surface area contributed by atoms with Crippen molar-refractivity contribution in [3.8, 4) is 0 Å². The summed E-state index contributed by atoms with van der Waals surface area (Å²) >= 11 is 0. The molecule has 8 nitrogen and oxygen atoms in total. The third kappa shape index (κ3) is 3.08. The van der Waals surface area contributed by atoms with Gasteiger partial charge in [0.2, 0.25) is 5.91 Å². The summed E-state index contributed by atoms with van der Waals surface area (Å²) in [5.74, 6) is 0.186. The molecule has 0 spiro atoms. The van der Waals surface area contributed by atoms with E-state index >= 15 is 0 Å². The van der Waals surface area contributed by atoms with Crippen LogP contribution in [0, 0.1) is 16.0 Å². The normalized spacial score (nSPS) is 17.8. The number of nitro groups is 1. The zero-order chi connectivity index (χ0) is 14.0. The van der Waals surface area contributed by atoms with Crippen LogP contribution in [-0.4, -0.2) is 32.7 Å². The molecule has 0 radical (unpaired) electrons. The molecule has 19 heavy (non-hydrogen) atoms. The Kier molecular flexibility index (Phi) is 3.52. The van der Waals surface area contributed by atoms with E-state index in [1.54, 1.807) is 0 Å². The number of carbonyl (C=O) groups is 1. The van der Waals surface area contributed by atoms with Crippen LogP contribution in [0.4, 0.5) is 5.69 Å². The number of rotatable bonds is 6. The molecule has 0 aliphatic heterocycles. The van der Waals surface area contributed by atoms with Gasteiger partial charge in [0.25, 0.3) is 0 Å². The fraction of sp³-hybridized carbons (Fsp3) is 0.636. The monoisotopic (exact) mass is 267 g/mol. The van der Waals surface area contributed by atoms with Crippen molar-refractivity contribution in [3.63, 3.8) is 0 Å². The van der Waals surface area contributed by atoms with E-state index in [4.69, 9.17) is 5.73 Å². The van der Waals surface area contributed by atoms with Crippen LogP contribution in [0.5, 0.6) is 0 Å². The molecule has 1 aliphatic rings. The maximum atomic E-state index is 11.9. The van der Waals surface area contributed by atoms with Gasteiger partial charge in [-0.25, -0.2) is 0 Å². The third-order valence-corrected chi connectivity index (χ3v) is 3.46. The minimum Gasteiger partial charge on any atom is -0.348 e. The molecule has 0 saturated heterocycles. The summed E-state index contributed by atoms with van der Waals surface area (Å²) in [6, 6.07) is 0. The number of nitrogens with zero attached hydrogens (tertiary/aromatic N) is 3. The van der Waals surface area contributed by atoms with E-state index < -0.39 is 10.5 Å². The van der Waals surface area contributed by atoms with Crippen LogP contribution in [-0.2, 0) is 11.3 Å². The summed E-state index contributed by atoms with van der Waals surface area (Å²) in [5.41, 5.74) is 5.19. The number of hydrogen-bond donors (Lipinski definition) is 2. The van der Waals surface area contributed by atoms with Gasteiger partial charge in [-0.3, -0.25) is 19.6 Å². The third-order valence-electron chi connectivity index (χ3n) is 3.46. The smallest absolute Gasteiger partial charge is 0.307 e. The molecule has 0 bridgehead atoms. The van der Waals surface area contributed by atoms with Gasteiger partial charge in [-0.15, -0.1) is 0 Å².